The molecule has 4 heterocycles. The Kier molecular flexibility index (Phi) is 3.91. The first-order chi connectivity index (χ1) is 11.3. The van der Waals surface area contributed by atoms with E-state index >= 15 is 0 Å². The van der Waals surface area contributed by atoms with E-state index in [0.29, 0.717) is 18.5 Å². The number of rotatable bonds is 3. The van der Waals surface area contributed by atoms with E-state index in [1.54, 1.807) is 24.7 Å². The number of piperidine rings is 1. The maximum Gasteiger partial charge on any atom is 0.147 e. The van der Waals surface area contributed by atoms with Crippen LogP contribution in [0, 0.1) is 11.7 Å². The molecule has 0 aliphatic carbocycles. The second kappa shape index (κ2) is 6.20. The summed E-state index contributed by atoms with van der Waals surface area (Å²) in [6, 6.07) is 2.24. The fourth-order valence-corrected chi connectivity index (χ4v) is 3.84. The molecule has 2 aliphatic heterocycles. The predicted molar refractivity (Wildman–Crippen MR) is 85.4 cm³/mol. The third kappa shape index (κ3) is 2.91. The van der Waals surface area contributed by atoms with E-state index in [4.69, 9.17) is 0 Å². The molecule has 0 spiro atoms. The summed E-state index contributed by atoms with van der Waals surface area (Å²) in [5, 5.41) is 0. The van der Waals surface area contributed by atoms with Crippen LogP contribution in [0.5, 0.6) is 0 Å². The Morgan fingerprint density at radius 1 is 1.09 bits per heavy atom. The lowest BCUT2D eigenvalue weighted by Crippen LogP contribution is -2.48. The van der Waals surface area contributed by atoms with Crippen molar-refractivity contribution in [2.75, 3.05) is 24.5 Å². The van der Waals surface area contributed by atoms with Crippen LogP contribution in [0.15, 0.2) is 37.1 Å². The molecule has 6 heteroatoms. The lowest BCUT2D eigenvalue weighted by atomic mass is 9.92. The maximum absolute atomic E-state index is 13.9. The van der Waals surface area contributed by atoms with Crippen LogP contribution in [0.2, 0.25) is 0 Å². The SMILES string of the molecule is Fc1cnccc1CN1CCC2CCN(c3cnccn3)CC21. The van der Waals surface area contributed by atoms with Crippen LogP contribution in [-0.4, -0.2) is 45.5 Å². The van der Waals surface area contributed by atoms with Gasteiger partial charge in [-0.25, -0.2) is 9.37 Å². The number of likely N-dealkylation sites (tertiary alicyclic amines) is 1. The summed E-state index contributed by atoms with van der Waals surface area (Å²) >= 11 is 0. The molecule has 120 valence electrons. The van der Waals surface area contributed by atoms with E-state index in [1.165, 1.54) is 12.6 Å². The van der Waals surface area contributed by atoms with Crippen molar-refractivity contribution in [3.63, 3.8) is 0 Å². The van der Waals surface area contributed by atoms with Crippen molar-refractivity contribution in [2.45, 2.75) is 25.4 Å². The number of aromatic nitrogens is 3. The van der Waals surface area contributed by atoms with Gasteiger partial charge in [0.05, 0.1) is 12.4 Å². The number of pyridine rings is 1. The third-order valence-corrected chi connectivity index (χ3v) is 5.08. The van der Waals surface area contributed by atoms with Gasteiger partial charge in [0.2, 0.25) is 0 Å². The Labute approximate surface area is 135 Å². The zero-order valence-electron chi connectivity index (χ0n) is 13.0. The van der Waals surface area contributed by atoms with Gasteiger partial charge < -0.3 is 4.90 Å². The summed E-state index contributed by atoms with van der Waals surface area (Å²) in [4.78, 5) is 17.1. The summed E-state index contributed by atoms with van der Waals surface area (Å²) in [7, 11) is 0. The quantitative estimate of drug-likeness (QED) is 0.868. The summed E-state index contributed by atoms with van der Waals surface area (Å²) in [6.45, 7) is 3.66. The van der Waals surface area contributed by atoms with Crippen LogP contribution in [0.25, 0.3) is 0 Å². The average Bonchev–Trinajstić information content (AvgIpc) is 3.00. The van der Waals surface area contributed by atoms with Gasteiger partial charge in [-0.3, -0.25) is 14.9 Å². The Morgan fingerprint density at radius 2 is 1.96 bits per heavy atom. The second-order valence-electron chi connectivity index (χ2n) is 6.35. The first-order valence-corrected chi connectivity index (χ1v) is 8.14. The average molecular weight is 313 g/mol. The fraction of sp³-hybridized carbons (Fsp3) is 0.471. The van der Waals surface area contributed by atoms with Gasteiger partial charge in [0, 0.05) is 49.8 Å². The Bertz CT molecular complexity index is 665. The lowest BCUT2D eigenvalue weighted by Gasteiger charge is -2.39. The number of hydrogen-bond donors (Lipinski definition) is 0. The van der Waals surface area contributed by atoms with Crippen molar-refractivity contribution in [2.24, 2.45) is 5.92 Å². The Morgan fingerprint density at radius 3 is 2.78 bits per heavy atom. The summed E-state index contributed by atoms with van der Waals surface area (Å²) in [5.41, 5.74) is 0.734. The highest BCUT2D eigenvalue weighted by molar-refractivity contribution is 5.36. The highest BCUT2D eigenvalue weighted by Gasteiger charge is 2.38. The molecule has 5 nitrogen and oxygen atoms in total. The summed E-state index contributed by atoms with van der Waals surface area (Å²) in [5.74, 6) is 1.43. The molecule has 23 heavy (non-hydrogen) atoms. The van der Waals surface area contributed by atoms with Gasteiger partial charge >= 0.3 is 0 Å². The van der Waals surface area contributed by atoms with Gasteiger partial charge in [0.15, 0.2) is 0 Å². The number of hydrogen-bond acceptors (Lipinski definition) is 5. The standard InChI is InChI=1S/C17H20FN5/c18-15-9-19-4-1-14(15)11-22-7-2-13-3-8-23(12-16(13)22)17-10-20-5-6-21-17/h1,4-6,9-10,13,16H,2-3,7-8,11-12H2. The molecule has 4 rings (SSSR count). The van der Waals surface area contributed by atoms with E-state index in [0.717, 1.165) is 37.4 Å². The Hall–Kier alpha value is -2.08. The monoisotopic (exact) mass is 313 g/mol. The van der Waals surface area contributed by atoms with Gasteiger partial charge in [-0.2, -0.15) is 0 Å². The molecule has 2 atom stereocenters. The van der Waals surface area contributed by atoms with Gasteiger partial charge in [-0.15, -0.1) is 0 Å². The third-order valence-electron chi connectivity index (χ3n) is 5.08. The molecule has 2 unspecified atom stereocenters. The van der Waals surface area contributed by atoms with Crippen molar-refractivity contribution < 1.29 is 4.39 Å². The summed E-state index contributed by atoms with van der Waals surface area (Å²) in [6.07, 6.45) is 10.6. The molecule has 2 saturated heterocycles. The van der Waals surface area contributed by atoms with E-state index < -0.39 is 0 Å². The molecule has 2 fully saturated rings. The van der Waals surface area contributed by atoms with Crippen molar-refractivity contribution in [3.05, 3.63) is 48.4 Å². The van der Waals surface area contributed by atoms with Gasteiger partial charge in [-0.05, 0) is 31.4 Å². The number of anilines is 1. The highest BCUT2D eigenvalue weighted by atomic mass is 19.1. The van der Waals surface area contributed by atoms with E-state index in [2.05, 4.69) is 24.8 Å². The van der Waals surface area contributed by atoms with Gasteiger partial charge in [0.1, 0.15) is 11.6 Å². The van der Waals surface area contributed by atoms with Gasteiger partial charge in [0.25, 0.3) is 0 Å². The molecule has 0 radical (unpaired) electrons. The van der Waals surface area contributed by atoms with Crippen LogP contribution >= 0.6 is 0 Å². The molecule has 0 saturated carbocycles. The van der Waals surface area contributed by atoms with Crippen LogP contribution in [0.3, 0.4) is 0 Å². The van der Waals surface area contributed by atoms with Crippen LogP contribution < -0.4 is 4.90 Å². The van der Waals surface area contributed by atoms with Crippen molar-refractivity contribution >= 4 is 5.82 Å². The van der Waals surface area contributed by atoms with Crippen LogP contribution in [0.1, 0.15) is 18.4 Å². The molecule has 0 aromatic carbocycles. The number of fused-ring (bicyclic) bond motifs is 1. The van der Waals surface area contributed by atoms with Crippen molar-refractivity contribution in [1.29, 1.82) is 0 Å². The van der Waals surface area contributed by atoms with Crippen LogP contribution in [0.4, 0.5) is 10.2 Å². The highest BCUT2D eigenvalue weighted by Crippen LogP contribution is 2.34. The molecule has 0 amide bonds. The lowest BCUT2D eigenvalue weighted by molar-refractivity contribution is 0.198. The normalized spacial score (nSPS) is 24.7. The molecule has 0 bridgehead atoms. The molecule has 2 aromatic rings. The topological polar surface area (TPSA) is 45.2 Å². The summed E-state index contributed by atoms with van der Waals surface area (Å²) < 4.78 is 13.9. The molecule has 0 N–H and O–H groups in total. The molecular formula is C17H20FN5. The molecular weight excluding hydrogens is 293 g/mol. The van der Waals surface area contributed by atoms with Crippen LogP contribution in [-0.2, 0) is 6.54 Å². The number of halogens is 1. The molecule has 2 aromatic heterocycles. The van der Waals surface area contributed by atoms with Crippen molar-refractivity contribution in [3.8, 4) is 0 Å². The van der Waals surface area contributed by atoms with Crippen molar-refractivity contribution in [1.82, 2.24) is 19.9 Å². The maximum atomic E-state index is 13.9. The predicted octanol–water partition coefficient (Wildman–Crippen LogP) is 2.11. The number of nitrogens with zero attached hydrogens (tertiary/aromatic N) is 5. The largest absolute Gasteiger partial charge is 0.354 e. The zero-order chi connectivity index (χ0) is 15.6. The minimum Gasteiger partial charge on any atom is -0.354 e. The molecule has 2 aliphatic rings. The smallest absolute Gasteiger partial charge is 0.147 e. The second-order valence-corrected chi connectivity index (χ2v) is 6.35. The van der Waals surface area contributed by atoms with E-state index in [1.807, 2.05) is 6.20 Å². The first kappa shape index (κ1) is 14.5. The minimum absolute atomic E-state index is 0.211. The van der Waals surface area contributed by atoms with E-state index in [-0.39, 0.29) is 5.82 Å². The van der Waals surface area contributed by atoms with E-state index in [9.17, 15) is 4.39 Å². The van der Waals surface area contributed by atoms with Gasteiger partial charge in [-0.1, -0.05) is 0 Å². The Balaban J connectivity index is 1.49. The minimum atomic E-state index is -0.211. The first-order valence-electron chi connectivity index (χ1n) is 8.14. The zero-order valence-corrected chi connectivity index (χ0v) is 13.0. The fourth-order valence-electron chi connectivity index (χ4n) is 3.84.